The Labute approximate surface area is 153 Å². The van der Waals surface area contributed by atoms with Crippen LogP contribution < -0.4 is 0 Å². The van der Waals surface area contributed by atoms with Crippen LogP contribution in [0.1, 0.15) is 36.8 Å². The van der Waals surface area contributed by atoms with E-state index in [1.54, 1.807) is 24.0 Å². The Morgan fingerprint density at radius 3 is 2.85 bits per heavy atom. The molecule has 2 aliphatic heterocycles. The SMILES string of the molecule is Cc1cc(CC(=O)N2CCC[C@]3(CCC(=O)N(CCO)C3)C2)ccc1F. The monoisotopic (exact) mass is 362 g/mol. The predicted octanol–water partition coefficient (Wildman–Crippen LogP) is 1.90. The van der Waals surface area contributed by atoms with E-state index in [9.17, 15) is 19.1 Å². The third-order valence-corrected chi connectivity index (χ3v) is 5.71. The highest BCUT2D eigenvalue weighted by Gasteiger charge is 2.42. The van der Waals surface area contributed by atoms with Gasteiger partial charge in [-0.1, -0.05) is 12.1 Å². The van der Waals surface area contributed by atoms with E-state index in [1.165, 1.54) is 6.07 Å². The molecule has 2 fully saturated rings. The van der Waals surface area contributed by atoms with Crippen molar-refractivity contribution in [1.82, 2.24) is 9.80 Å². The van der Waals surface area contributed by atoms with Crippen LogP contribution in [0.3, 0.4) is 0 Å². The Kier molecular flexibility index (Phi) is 5.61. The number of likely N-dealkylation sites (tertiary alicyclic amines) is 2. The lowest BCUT2D eigenvalue weighted by molar-refractivity contribution is -0.143. The van der Waals surface area contributed by atoms with Crippen molar-refractivity contribution in [1.29, 1.82) is 0 Å². The molecular formula is C20H27FN2O3. The van der Waals surface area contributed by atoms with E-state index in [4.69, 9.17) is 0 Å². The van der Waals surface area contributed by atoms with E-state index in [0.29, 0.717) is 31.6 Å². The molecule has 0 unspecified atom stereocenters. The molecular weight excluding hydrogens is 335 g/mol. The normalized spacial score (nSPS) is 23.6. The van der Waals surface area contributed by atoms with Crippen LogP contribution in [-0.4, -0.2) is 59.5 Å². The number of hydrogen-bond acceptors (Lipinski definition) is 3. The molecule has 1 aromatic carbocycles. The van der Waals surface area contributed by atoms with Crippen LogP contribution in [0.2, 0.25) is 0 Å². The summed E-state index contributed by atoms with van der Waals surface area (Å²) in [6.45, 7) is 4.04. The molecule has 1 atom stereocenters. The number of benzene rings is 1. The minimum atomic E-state index is -0.256. The Balaban J connectivity index is 1.66. The number of halogens is 1. The van der Waals surface area contributed by atoms with Gasteiger partial charge in [0.1, 0.15) is 5.82 Å². The summed E-state index contributed by atoms with van der Waals surface area (Å²) >= 11 is 0. The van der Waals surface area contributed by atoms with Crippen LogP contribution in [0.5, 0.6) is 0 Å². The summed E-state index contributed by atoms with van der Waals surface area (Å²) in [6.07, 6.45) is 3.49. The number of rotatable bonds is 4. The summed E-state index contributed by atoms with van der Waals surface area (Å²) < 4.78 is 13.4. The maximum atomic E-state index is 13.4. The van der Waals surface area contributed by atoms with Gasteiger partial charge in [-0.25, -0.2) is 4.39 Å². The number of aliphatic hydroxyl groups excluding tert-OH is 1. The van der Waals surface area contributed by atoms with Crippen molar-refractivity contribution < 1.29 is 19.1 Å². The van der Waals surface area contributed by atoms with Crippen molar-refractivity contribution in [3.05, 3.63) is 35.1 Å². The topological polar surface area (TPSA) is 60.9 Å². The van der Waals surface area contributed by atoms with Gasteiger partial charge in [0, 0.05) is 38.0 Å². The van der Waals surface area contributed by atoms with Crippen molar-refractivity contribution in [3.8, 4) is 0 Å². The lowest BCUT2D eigenvalue weighted by Gasteiger charge is -2.48. The van der Waals surface area contributed by atoms with Crippen molar-refractivity contribution in [3.63, 3.8) is 0 Å². The van der Waals surface area contributed by atoms with Gasteiger partial charge < -0.3 is 14.9 Å². The first-order valence-corrected chi connectivity index (χ1v) is 9.34. The molecule has 0 radical (unpaired) electrons. The van der Waals surface area contributed by atoms with E-state index in [0.717, 1.165) is 31.4 Å². The second-order valence-corrected chi connectivity index (χ2v) is 7.72. The highest BCUT2D eigenvalue weighted by atomic mass is 19.1. The number of nitrogens with zero attached hydrogens (tertiary/aromatic N) is 2. The molecule has 6 heteroatoms. The van der Waals surface area contributed by atoms with E-state index >= 15 is 0 Å². The maximum Gasteiger partial charge on any atom is 0.227 e. The summed E-state index contributed by atoms with van der Waals surface area (Å²) in [6, 6.07) is 4.81. The predicted molar refractivity (Wildman–Crippen MR) is 96.0 cm³/mol. The second-order valence-electron chi connectivity index (χ2n) is 7.72. The van der Waals surface area contributed by atoms with Crippen LogP contribution >= 0.6 is 0 Å². The zero-order valence-electron chi connectivity index (χ0n) is 15.3. The standard InChI is InChI=1S/C20H27FN2O3/c1-15-11-16(3-4-17(15)21)12-19(26)22-8-2-6-20(13-22)7-5-18(25)23(14-20)9-10-24/h3-4,11,24H,2,5-10,12-14H2,1H3/t20-/m0/s1. The van der Waals surface area contributed by atoms with E-state index in [2.05, 4.69) is 0 Å². The highest BCUT2D eigenvalue weighted by Crippen LogP contribution is 2.39. The van der Waals surface area contributed by atoms with Gasteiger partial charge in [0.05, 0.1) is 13.0 Å². The Morgan fingerprint density at radius 1 is 1.31 bits per heavy atom. The van der Waals surface area contributed by atoms with E-state index in [1.807, 2.05) is 4.90 Å². The average molecular weight is 362 g/mol. The molecule has 1 aromatic rings. The lowest BCUT2D eigenvalue weighted by Crippen LogP contribution is -2.55. The number of amides is 2. The van der Waals surface area contributed by atoms with Gasteiger partial charge in [-0.15, -0.1) is 0 Å². The van der Waals surface area contributed by atoms with Gasteiger partial charge in [0.15, 0.2) is 0 Å². The fourth-order valence-electron chi connectivity index (χ4n) is 4.28. The fraction of sp³-hybridized carbons (Fsp3) is 0.600. The zero-order valence-corrected chi connectivity index (χ0v) is 15.3. The molecule has 2 heterocycles. The molecule has 0 aromatic heterocycles. The Bertz CT molecular complexity index is 694. The largest absolute Gasteiger partial charge is 0.395 e. The third-order valence-electron chi connectivity index (χ3n) is 5.71. The quantitative estimate of drug-likeness (QED) is 0.890. The number of aliphatic hydroxyl groups is 1. The lowest BCUT2D eigenvalue weighted by atomic mass is 9.73. The van der Waals surface area contributed by atoms with Crippen LogP contribution in [0, 0.1) is 18.2 Å². The molecule has 26 heavy (non-hydrogen) atoms. The minimum absolute atomic E-state index is 0.0334. The molecule has 0 aliphatic carbocycles. The summed E-state index contributed by atoms with van der Waals surface area (Å²) in [5.41, 5.74) is 1.32. The molecule has 2 aliphatic rings. The molecule has 2 saturated heterocycles. The van der Waals surface area contributed by atoms with Crippen LogP contribution in [-0.2, 0) is 16.0 Å². The first-order chi connectivity index (χ1) is 12.4. The molecule has 142 valence electrons. The number of carbonyl (C=O) groups is 2. The molecule has 1 N–H and O–H groups in total. The number of piperidine rings is 2. The highest BCUT2D eigenvalue weighted by molar-refractivity contribution is 5.79. The second kappa shape index (κ2) is 7.74. The maximum absolute atomic E-state index is 13.4. The Morgan fingerprint density at radius 2 is 2.12 bits per heavy atom. The third kappa shape index (κ3) is 4.06. The number of aryl methyl sites for hydroxylation is 1. The zero-order chi connectivity index (χ0) is 18.7. The molecule has 0 saturated carbocycles. The molecule has 2 amide bonds. The summed E-state index contributed by atoms with van der Waals surface area (Å²) in [5, 5.41) is 9.18. The average Bonchev–Trinajstić information content (AvgIpc) is 2.62. The van der Waals surface area contributed by atoms with Gasteiger partial charge in [-0.05, 0) is 43.4 Å². The molecule has 3 rings (SSSR count). The number of hydrogen-bond donors (Lipinski definition) is 1. The van der Waals surface area contributed by atoms with Crippen molar-refractivity contribution in [2.24, 2.45) is 5.41 Å². The molecule has 1 spiro atoms. The first-order valence-electron chi connectivity index (χ1n) is 9.34. The van der Waals surface area contributed by atoms with Crippen LogP contribution in [0.25, 0.3) is 0 Å². The first kappa shape index (κ1) is 18.8. The van der Waals surface area contributed by atoms with Crippen LogP contribution in [0.4, 0.5) is 4.39 Å². The number of carbonyl (C=O) groups excluding carboxylic acids is 2. The minimum Gasteiger partial charge on any atom is -0.395 e. The summed E-state index contributed by atoms with van der Waals surface area (Å²) in [7, 11) is 0. The van der Waals surface area contributed by atoms with E-state index in [-0.39, 0.29) is 36.1 Å². The summed E-state index contributed by atoms with van der Waals surface area (Å²) in [5.74, 6) is -0.107. The van der Waals surface area contributed by atoms with Gasteiger partial charge in [0.25, 0.3) is 0 Å². The van der Waals surface area contributed by atoms with Gasteiger partial charge in [0.2, 0.25) is 11.8 Å². The smallest absolute Gasteiger partial charge is 0.227 e. The van der Waals surface area contributed by atoms with Crippen molar-refractivity contribution in [2.75, 3.05) is 32.8 Å². The summed E-state index contributed by atoms with van der Waals surface area (Å²) in [4.78, 5) is 28.4. The number of β-amino-alcohol motifs (C(OH)–C–C–N with tert-alkyl or cyclic N) is 1. The van der Waals surface area contributed by atoms with Gasteiger partial charge in [-0.3, -0.25) is 9.59 Å². The van der Waals surface area contributed by atoms with Crippen molar-refractivity contribution in [2.45, 2.75) is 39.0 Å². The molecule has 5 nitrogen and oxygen atoms in total. The fourth-order valence-corrected chi connectivity index (χ4v) is 4.28. The van der Waals surface area contributed by atoms with Gasteiger partial charge >= 0.3 is 0 Å². The van der Waals surface area contributed by atoms with Crippen LogP contribution in [0.15, 0.2) is 18.2 Å². The van der Waals surface area contributed by atoms with E-state index < -0.39 is 0 Å². The Hall–Kier alpha value is -1.95. The molecule has 0 bridgehead atoms. The van der Waals surface area contributed by atoms with Crippen molar-refractivity contribution >= 4 is 11.8 Å². The van der Waals surface area contributed by atoms with Gasteiger partial charge in [-0.2, -0.15) is 0 Å².